The molecule has 0 spiro atoms. The monoisotopic (exact) mass is 451 g/mol. The van der Waals surface area contributed by atoms with Crippen molar-refractivity contribution in [1.29, 1.82) is 0 Å². The van der Waals surface area contributed by atoms with Crippen LogP contribution >= 0.6 is 34.7 Å². The van der Waals surface area contributed by atoms with Gasteiger partial charge in [-0.1, -0.05) is 46.8 Å². The fourth-order valence-corrected chi connectivity index (χ4v) is 4.37. The van der Waals surface area contributed by atoms with Crippen LogP contribution in [0.3, 0.4) is 0 Å². The number of carbonyl (C=O) groups is 1. The van der Waals surface area contributed by atoms with Crippen LogP contribution in [0.2, 0.25) is 5.02 Å². The van der Waals surface area contributed by atoms with Crippen molar-refractivity contribution in [1.82, 2.24) is 10.2 Å². The highest BCUT2D eigenvalue weighted by atomic mass is 35.5. The number of benzene rings is 2. The summed E-state index contributed by atoms with van der Waals surface area (Å²) in [5, 5.41) is 12.0. The minimum absolute atomic E-state index is 0.350. The summed E-state index contributed by atoms with van der Waals surface area (Å²) >= 11 is 8.82. The van der Waals surface area contributed by atoms with E-state index in [1.54, 1.807) is 12.1 Å². The molecule has 1 N–H and O–H groups in total. The zero-order chi connectivity index (χ0) is 20.8. The van der Waals surface area contributed by atoms with Gasteiger partial charge in [0, 0.05) is 16.3 Å². The highest BCUT2D eigenvalue weighted by Gasteiger charge is 2.18. The molecule has 7 nitrogen and oxygen atoms in total. The van der Waals surface area contributed by atoms with Crippen LogP contribution in [0, 0.1) is 0 Å². The summed E-state index contributed by atoms with van der Waals surface area (Å²) in [6, 6.07) is 10.8. The summed E-state index contributed by atoms with van der Waals surface area (Å²) in [6.07, 6.45) is 0. The largest absolute Gasteiger partial charge is 0.493 e. The van der Waals surface area contributed by atoms with Crippen molar-refractivity contribution in [2.45, 2.75) is 10.1 Å². The molecule has 1 heterocycles. The van der Waals surface area contributed by atoms with Crippen molar-refractivity contribution in [3.63, 3.8) is 0 Å². The molecular formula is C19H18ClN3O4S2. The van der Waals surface area contributed by atoms with E-state index in [0.29, 0.717) is 38.7 Å². The third kappa shape index (κ3) is 5.31. The van der Waals surface area contributed by atoms with Crippen molar-refractivity contribution in [2.75, 3.05) is 26.6 Å². The van der Waals surface area contributed by atoms with Gasteiger partial charge in [0.1, 0.15) is 0 Å². The van der Waals surface area contributed by atoms with Gasteiger partial charge in [0.2, 0.25) is 10.9 Å². The summed E-state index contributed by atoms with van der Waals surface area (Å²) in [5.74, 6) is 1.56. The van der Waals surface area contributed by atoms with Gasteiger partial charge in [-0.05, 0) is 29.8 Å². The highest BCUT2D eigenvalue weighted by Crippen LogP contribution is 2.38. The molecule has 0 fully saturated rings. The van der Waals surface area contributed by atoms with E-state index in [4.69, 9.17) is 25.8 Å². The first kappa shape index (κ1) is 21.2. The Labute approximate surface area is 181 Å². The standard InChI is InChI=1S/C19H18ClN3O4S2/c1-25-14-8-12(9-15(26-2)16(14)27-3)17(24)21-18-22-23-19(29-18)28-10-11-5-4-6-13(20)7-11/h4-9H,10H2,1-3H3,(H,21,22,24). The van der Waals surface area contributed by atoms with Gasteiger partial charge >= 0.3 is 0 Å². The molecule has 1 aromatic heterocycles. The zero-order valence-corrected chi connectivity index (χ0v) is 18.3. The lowest BCUT2D eigenvalue weighted by atomic mass is 10.1. The van der Waals surface area contributed by atoms with Crippen LogP contribution in [-0.4, -0.2) is 37.4 Å². The van der Waals surface area contributed by atoms with Crippen molar-refractivity contribution in [3.8, 4) is 17.2 Å². The Bertz CT molecular complexity index is 988. The molecule has 0 radical (unpaired) electrons. The average molecular weight is 452 g/mol. The number of ether oxygens (including phenoxy) is 3. The number of rotatable bonds is 8. The Balaban J connectivity index is 1.68. The molecule has 10 heteroatoms. The van der Waals surface area contributed by atoms with Crippen molar-refractivity contribution < 1.29 is 19.0 Å². The topological polar surface area (TPSA) is 82.6 Å². The van der Waals surface area contributed by atoms with Gasteiger partial charge in [0.25, 0.3) is 5.91 Å². The average Bonchev–Trinajstić information content (AvgIpc) is 3.18. The van der Waals surface area contributed by atoms with E-state index in [2.05, 4.69) is 15.5 Å². The number of thioether (sulfide) groups is 1. The van der Waals surface area contributed by atoms with E-state index in [1.165, 1.54) is 44.4 Å². The lowest BCUT2D eigenvalue weighted by molar-refractivity contribution is 0.102. The smallest absolute Gasteiger partial charge is 0.257 e. The number of nitrogens with zero attached hydrogens (tertiary/aromatic N) is 2. The molecule has 3 aromatic rings. The minimum atomic E-state index is -0.355. The second-order valence-electron chi connectivity index (χ2n) is 5.66. The second kappa shape index (κ2) is 9.82. The van der Waals surface area contributed by atoms with Crippen LogP contribution in [0.25, 0.3) is 0 Å². The van der Waals surface area contributed by atoms with E-state index in [0.717, 1.165) is 9.90 Å². The molecule has 0 saturated heterocycles. The molecule has 0 atom stereocenters. The molecule has 0 unspecified atom stereocenters. The van der Waals surface area contributed by atoms with Gasteiger partial charge < -0.3 is 14.2 Å². The summed E-state index contributed by atoms with van der Waals surface area (Å²) in [4.78, 5) is 12.6. The Kier molecular flexibility index (Phi) is 7.18. The molecule has 2 aromatic carbocycles. The normalized spacial score (nSPS) is 10.5. The Hall–Kier alpha value is -2.49. The van der Waals surface area contributed by atoms with Crippen LogP contribution < -0.4 is 19.5 Å². The number of amides is 1. The van der Waals surface area contributed by atoms with E-state index in [-0.39, 0.29) is 5.91 Å². The lowest BCUT2D eigenvalue weighted by Crippen LogP contribution is -2.12. The minimum Gasteiger partial charge on any atom is -0.493 e. The fourth-order valence-electron chi connectivity index (χ4n) is 2.47. The third-order valence-electron chi connectivity index (χ3n) is 3.81. The van der Waals surface area contributed by atoms with E-state index < -0.39 is 0 Å². The van der Waals surface area contributed by atoms with Crippen LogP contribution in [0.4, 0.5) is 5.13 Å². The molecule has 3 rings (SSSR count). The van der Waals surface area contributed by atoms with E-state index in [9.17, 15) is 4.79 Å². The van der Waals surface area contributed by atoms with E-state index >= 15 is 0 Å². The zero-order valence-electron chi connectivity index (χ0n) is 15.9. The Morgan fingerprint density at radius 3 is 2.45 bits per heavy atom. The number of methoxy groups -OCH3 is 3. The van der Waals surface area contributed by atoms with Gasteiger partial charge in [-0.15, -0.1) is 10.2 Å². The predicted molar refractivity (Wildman–Crippen MR) is 115 cm³/mol. The molecule has 1 amide bonds. The van der Waals surface area contributed by atoms with Crippen molar-refractivity contribution >= 4 is 45.7 Å². The summed E-state index contributed by atoms with van der Waals surface area (Å²) in [6.45, 7) is 0. The van der Waals surface area contributed by atoms with Gasteiger partial charge in [0.15, 0.2) is 15.8 Å². The number of anilines is 1. The van der Waals surface area contributed by atoms with Crippen LogP contribution in [0.5, 0.6) is 17.2 Å². The van der Waals surface area contributed by atoms with Gasteiger partial charge in [-0.2, -0.15) is 0 Å². The predicted octanol–water partition coefficient (Wildman–Crippen LogP) is 4.76. The quantitative estimate of drug-likeness (QED) is 0.390. The third-order valence-corrected chi connectivity index (χ3v) is 6.08. The molecule has 152 valence electrons. The molecule has 0 aliphatic carbocycles. The molecular weight excluding hydrogens is 434 g/mol. The summed E-state index contributed by atoms with van der Waals surface area (Å²) in [5.41, 5.74) is 1.43. The molecule has 0 aliphatic heterocycles. The SMILES string of the molecule is COc1cc(C(=O)Nc2nnc(SCc3cccc(Cl)c3)s2)cc(OC)c1OC. The van der Waals surface area contributed by atoms with Gasteiger partial charge in [-0.3, -0.25) is 10.1 Å². The van der Waals surface area contributed by atoms with Crippen LogP contribution in [-0.2, 0) is 5.75 Å². The number of hydrogen-bond acceptors (Lipinski definition) is 8. The molecule has 0 saturated carbocycles. The maximum Gasteiger partial charge on any atom is 0.257 e. The first-order chi connectivity index (χ1) is 14.0. The first-order valence-electron chi connectivity index (χ1n) is 8.36. The second-order valence-corrected chi connectivity index (χ2v) is 8.30. The molecule has 29 heavy (non-hydrogen) atoms. The number of halogens is 1. The summed E-state index contributed by atoms with van der Waals surface area (Å²) < 4.78 is 16.6. The van der Waals surface area contributed by atoms with Crippen molar-refractivity contribution in [2.24, 2.45) is 0 Å². The van der Waals surface area contributed by atoms with Crippen LogP contribution in [0.1, 0.15) is 15.9 Å². The highest BCUT2D eigenvalue weighted by molar-refractivity contribution is 8.00. The Morgan fingerprint density at radius 1 is 1.10 bits per heavy atom. The number of nitrogens with one attached hydrogen (secondary N) is 1. The number of aromatic nitrogens is 2. The molecule has 0 aliphatic rings. The maximum absolute atomic E-state index is 12.6. The van der Waals surface area contributed by atoms with E-state index in [1.807, 2.05) is 24.3 Å². The number of carbonyl (C=O) groups excluding carboxylic acids is 1. The lowest BCUT2D eigenvalue weighted by Gasteiger charge is -2.13. The molecule has 0 bridgehead atoms. The van der Waals surface area contributed by atoms with Gasteiger partial charge in [-0.25, -0.2) is 0 Å². The summed E-state index contributed by atoms with van der Waals surface area (Å²) in [7, 11) is 4.49. The van der Waals surface area contributed by atoms with Crippen molar-refractivity contribution in [3.05, 3.63) is 52.5 Å². The number of hydrogen-bond donors (Lipinski definition) is 1. The van der Waals surface area contributed by atoms with Gasteiger partial charge in [0.05, 0.1) is 21.3 Å². The first-order valence-corrected chi connectivity index (χ1v) is 10.5. The van der Waals surface area contributed by atoms with Crippen LogP contribution in [0.15, 0.2) is 40.7 Å². The fraction of sp³-hybridized carbons (Fsp3) is 0.211. The Morgan fingerprint density at radius 2 is 1.83 bits per heavy atom. The maximum atomic E-state index is 12.6.